The van der Waals surface area contributed by atoms with Gasteiger partial charge in [-0.3, -0.25) is 4.79 Å². The molecule has 1 amide bonds. The van der Waals surface area contributed by atoms with Gasteiger partial charge in [0.2, 0.25) is 10.0 Å². The van der Waals surface area contributed by atoms with Crippen LogP contribution < -0.4 is 10.6 Å². The number of sulfonamides is 1. The summed E-state index contributed by atoms with van der Waals surface area (Å²) in [5.74, 6) is -0.271. The fourth-order valence-corrected chi connectivity index (χ4v) is 3.32. The quantitative estimate of drug-likeness (QED) is 0.644. The van der Waals surface area contributed by atoms with Gasteiger partial charge in [-0.1, -0.05) is 13.0 Å². The molecule has 1 aromatic carbocycles. The summed E-state index contributed by atoms with van der Waals surface area (Å²) in [4.78, 5) is 12.2. The predicted octanol–water partition coefficient (Wildman–Crippen LogP) is 1.87. The van der Waals surface area contributed by atoms with Gasteiger partial charge in [0.15, 0.2) is 0 Å². The lowest BCUT2D eigenvalue weighted by Crippen LogP contribution is -2.34. The molecule has 6 nitrogen and oxygen atoms in total. The molecule has 1 aromatic rings. The van der Waals surface area contributed by atoms with Crippen LogP contribution >= 0.6 is 12.4 Å². The van der Waals surface area contributed by atoms with Crippen molar-refractivity contribution in [3.05, 3.63) is 29.8 Å². The number of rotatable bonds is 9. The van der Waals surface area contributed by atoms with Crippen LogP contribution in [0.4, 0.5) is 0 Å². The molecule has 8 heteroatoms. The van der Waals surface area contributed by atoms with Gasteiger partial charge in [-0.05, 0) is 45.0 Å². The van der Waals surface area contributed by atoms with Crippen molar-refractivity contribution in [2.24, 2.45) is 0 Å². The summed E-state index contributed by atoms with van der Waals surface area (Å²) in [5.41, 5.74) is 0.346. The predicted molar refractivity (Wildman–Crippen MR) is 99.3 cm³/mol. The van der Waals surface area contributed by atoms with E-state index in [1.165, 1.54) is 23.5 Å². The van der Waals surface area contributed by atoms with E-state index in [-0.39, 0.29) is 29.3 Å². The highest BCUT2D eigenvalue weighted by molar-refractivity contribution is 7.89. The Hall–Kier alpha value is -1.15. The lowest BCUT2D eigenvalue weighted by molar-refractivity contribution is 0.0953. The fraction of sp³-hybridized carbons (Fsp3) is 0.562. The molecular weight excluding hydrogens is 350 g/mol. The number of hydrogen-bond donors (Lipinski definition) is 2. The van der Waals surface area contributed by atoms with Crippen molar-refractivity contribution in [3.8, 4) is 0 Å². The van der Waals surface area contributed by atoms with Gasteiger partial charge in [-0.15, -0.1) is 12.4 Å². The van der Waals surface area contributed by atoms with Gasteiger partial charge in [0.05, 0.1) is 4.90 Å². The number of halogens is 1. The second-order valence-electron chi connectivity index (χ2n) is 5.65. The molecule has 0 unspecified atom stereocenters. The first kappa shape index (κ1) is 22.9. The Morgan fingerprint density at radius 1 is 1.21 bits per heavy atom. The molecule has 0 heterocycles. The number of hydrogen-bond acceptors (Lipinski definition) is 4. The van der Waals surface area contributed by atoms with Gasteiger partial charge in [0.25, 0.3) is 5.91 Å². The molecule has 0 fully saturated rings. The minimum atomic E-state index is -3.59. The van der Waals surface area contributed by atoms with Crippen LogP contribution in [0.1, 0.15) is 37.6 Å². The first-order valence-corrected chi connectivity index (χ1v) is 9.31. The monoisotopic (exact) mass is 377 g/mol. The molecule has 0 aromatic heterocycles. The lowest BCUT2D eigenvalue weighted by atomic mass is 10.2. The molecule has 24 heavy (non-hydrogen) atoms. The van der Waals surface area contributed by atoms with E-state index in [1.807, 2.05) is 0 Å². The zero-order valence-corrected chi connectivity index (χ0v) is 16.3. The summed E-state index contributed by atoms with van der Waals surface area (Å²) >= 11 is 0. The minimum Gasteiger partial charge on any atom is -0.351 e. The molecule has 0 saturated heterocycles. The van der Waals surface area contributed by atoms with Gasteiger partial charge in [-0.25, -0.2) is 8.42 Å². The summed E-state index contributed by atoms with van der Waals surface area (Å²) in [6.45, 7) is 7.78. The van der Waals surface area contributed by atoms with E-state index in [4.69, 9.17) is 0 Å². The van der Waals surface area contributed by atoms with Crippen LogP contribution in [0.25, 0.3) is 0 Å². The van der Waals surface area contributed by atoms with Crippen LogP contribution in [-0.4, -0.2) is 51.4 Å². The summed E-state index contributed by atoms with van der Waals surface area (Å²) in [7, 11) is -2.05. The van der Waals surface area contributed by atoms with E-state index >= 15 is 0 Å². The zero-order chi connectivity index (χ0) is 17.5. The molecule has 0 atom stereocenters. The van der Waals surface area contributed by atoms with Crippen LogP contribution in [0.3, 0.4) is 0 Å². The van der Waals surface area contributed by atoms with Crippen LogP contribution in [-0.2, 0) is 10.0 Å². The Kier molecular flexibility index (Phi) is 10.1. The normalized spacial score (nSPS) is 11.4. The Morgan fingerprint density at radius 2 is 1.88 bits per heavy atom. The summed E-state index contributed by atoms with van der Waals surface area (Å²) in [6.07, 6.45) is 1.04. The van der Waals surface area contributed by atoms with Crippen molar-refractivity contribution >= 4 is 28.3 Å². The SMILES string of the molecule is CCCNCCNC(=O)c1cccc(S(=O)(=O)N(C)C(C)C)c1.Cl. The number of benzene rings is 1. The summed E-state index contributed by atoms with van der Waals surface area (Å²) < 4.78 is 26.2. The maximum Gasteiger partial charge on any atom is 0.251 e. The molecule has 2 N–H and O–H groups in total. The molecule has 0 spiro atoms. The van der Waals surface area contributed by atoms with Crippen LogP contribution in [0.15, 0.2) is 29.2 Å². The van der Waals surface area contributed by atoms with Crippen molar-refractivity contribution in [1.82, 2.24) is 14.9 Å². The number of carbonyl (C=O) groups excluding carboxylic acids is 1. The Balaban J connectivity index is 0.00000529. The first-order chi connectivity index (χ1) is 10.8. The molecule has 1 rings (SSSR count). The average molecular weight is 378 g/mol. The van der Waals surface area contributed by atoms with Gasteiger partial charge >= 0.3 is 0 Å². The van der Waals surface area contributed by atoms with Crippen molar-refractivity contribution < 1.29 is 13.2 Å². The second-order valence-corrected chi connectivity index (χ2v) is 7.65. The van der Waals surface area contributed by atoms with Crippen molar-refractivity contribution in [2.45, 2.75) is 38.1 Å². The van der Waals surface area contributed by atoms with E-state index in [0.29, 0.717) is 18.7 Å². The van der Waals surface area contributed by atoms with Crippen LogP contribution in [0.2, 0.25) is 0 Å². The molecule has 0 aliphatic rings. The highest BCUT2D eigenvalue weighted by Crippen LogP contribution is 2.17. The minimum absolute atomic E-state index is 0. The Labute approximate surface area is 151 Å². The molecule has 0 aliphatic carbocycles. The van der Waals surface area contributed by atoms with E-state index in [2.05, 4.69) is 17.6 Å². The number of nitrogens with zero attached hydrogens (tertiary/aromatic N) is 1. The molecular formula is C16H28ClN3O3S. The van der Waals surface area contributed by atoms with Crippen LogP contribution in [0, 0.1) is 0 Å². The van der Waals surface area contributed by atoms with E-state index < -0.39 is 10.0 Å². The number of nitrogens with one attached hydrogen (secondary N) is 2. The summed E-state index contributed by atoms with van der Waals surface area (Å²) in [5, 5.41) is 5.97. The maximum absolute atomic E-state index is 12.5. The molecule has 138 valence electrons. The van der Waals surface area contributed by atoms with Gasteiger partial charge < -0.3 is 10.6 Å². The van der Waals surface area contributed by atoms with Gasteiger partial charge in [0, 0.05) is 31.7 Å². The number of carbonyl (C=O) groups is 1. The van der Waals surface area contributed by atoms with Crippen molar-refractivity contribution in [3.63, 3.8) is 0 Å². The molecule has 0 radical (unpaired) electrons. The van der Waals surface area contributed by atoms with E-state index in [1.54, 1.807) is 26.0 Å². The van der Waals surface area contributed by atoms with Crippen molar-refractivity contribution in [1.29, 1.82) is 0 Å². The second kappa shape index (κ2) is 10.7. The number of amides is 1. The van der Waals surface area contributed by atoms with E-state index in [9.17, 15) is 13.2 Å². The lowest BCUT2D eigenvalue weighted by Gasteiger charge is -2.21. The van der Waals surface area contributed by atoms with E-state index in [0.717, 1.165) is 13.0 Å². The highest BCUT2D eigenvalue weighted by atomic mass is 35.5. The van der Waals surface area contributed by atoms with Crippen molar-refractivity contribution in [2.75, 3.05) is 26.7 Å². The third-order valence-electron chi connectivity index (χ3n) is 3.51. The maximum atomic E-state index is 12.5. The smallest absolute Gasteiger partial charge is 0.251 e. The van der Waals surface area contributed by atoms with Crippen LogP contribution in [0.5, 0.6) is 0 Å². The fourth-order valence-electron chi connectivity index (χ4n) is 1.91. The largest absolute Gasteiger partial charge is 0.351 e. The standard InChI is InChI=1S/C16H27N3O3S.ClH/c1-5-9-17-10-11-18-16(20)14-7-6-8-15(12-14)23(21,22)19(4)13(2)3;/h6-8,12-13,17H,5,9-11H2,1-4H3,(H,18,20);1H. The Bertz CT molecular complexity index is 621. The topological polar surface area (TPSA) is 78.5 Å². The molecule has 0 aliphatic heterocycles. The summed E-state index contributed by atoms with van der Waals surface area (Å²) in [6, 6.07) is 5.98. The highest BCUT2D eigenvalue weighted by Gasteiger charge is 2.23. The van der Waals surface area contributed by atoms with Gasteiger partial charge in [-0.2, -0.15) is 4.31 Å². The first-order valence-electron chi connectivity index (χ1n) is 7.87. The average Bonchev–Trinajstić information content (AvgIpc) is 2.53. The Morgan fingerprint density at radius 3 is 2.46 bits per heavy atom. The third kappa shape index (κ3) is 6.39. The molecule has 0 saturated carbocycles. The third-order valence-corrected chi connectivity index (χ3v) is 5.54. The molecule has 0 bridgehead atoms. The van der Waals surface area contributed by atoms with Gasteiger partial charge in [0.1, 0.15) is 0 Å². The zero-order valence-electron chi connectivity index (χ0n) is 14.7.